The Morgan fingerprint density at radius 1 is 1.17 bits per heavy atom. The first-order valence-electron chi connectivity index (χ1n) is 6.57. The number of ether oxygens (including phenoxy) is 1. The van der Waals surface area contributed by atoms with Crippen LogP contribution >= 0.6 is 23.2 Å². The smallest absolute Gasteiger partial charge is 0.266 e. The number of carbonyl (C=O) groups is 1. The van der Waals surface area contributed by atoms with E-state index in [4.69, 9.17) is 27.9 Å². The molecule has 1 N–H and O–H groups in total. The fourth-order valence-corrected chi connectivity index (χ4v) is 2.39. The average molecular weight is 347 g/mol. The lowest BCUT2D eigenvalue weighted by Gasteiger charge is -2.09. The second-order valence-electron chi connectivity index (χ2n) is 4.46. The number of amides is 1. The normalized spacial score (nSPS) is 10.8. The van der Waals surface area contributed by atoms with Crippen LogP contribution in [0.3, 0.4) is 0 Å². The number of nitrogens with zero attached hydrogens (tertiary/aromatic N) is 1. The van der Waals surface area contributed by atoms with E-state index in [0.717, 1.165) is 0 Å². The van der Waals surface area contributed by atoms with Crippen molar-refractivity contribution in [1.82, 2.24) is 0 Å². The fraction of sp³-hybridized carbons (Fsp3) is 0.0588. The van der Waals surface area contributed by atoms with E-state index in [0.29, 0.717) is 27.0 Å². The molecule has 1 amide bonds. The summed E-state index contributed by atoms with van der Waals surface area (Å²) in [7, 11) is 1.50. The van der Waals surface area contributed by atoms with Crippen molar-refractivity contribution in [1.29, 1.82) is 5.26 Å². The number of rotatable bonds is 4. The van der Waals surface area contributed by atoms with E-state index in [9.17, 15) is 10.1 Å². The number of para-hydroxylation sites is 2. The van der Waals surface area contributed by atoms with Crippen LogP contribution in [0, 0.1) is 11.3 Å². The molecule has 6 heteroatoms. The molecular formula is C17H12Cl2N2O2. The highest BCUT2D eigenvalue weighted by Gasteiger charge is 2.14. The first-order valence-corrected chi connectivity index (χ1v) is 7.32. The summed E-state index contributed by atoms with van der Waals surface area (Å²) >= 11 is 12.1. The Balaban J connectivity index is 2.33. The minimum atomic E-state index is -0.576. The SMILES string of the molecule is COc1ccccc1NC(=O)/C(C#N)=C/c1c(Cl)cccc1Cl. The van der Waals surface area contributed by atoms with Gasteiger partial charge in [-0.25, -0.2) is 0 Å². The third-order valence-electron chi connectivity index (χ3n) is 3.01. The summed E-state index contributed by atoms with van der Waals surface area (Å²) in [5, 5.41) is 12.6. The molecule has 0 fully saturated rings. The molecule has 0 aliphatic heterocycles. The van der Waals surface area contributed by atoms with E-state index in [1.807, 2.05) is 6.07 Å². The minimum Gasteiger partial charge on any atom is -0.495 e. The van der Waals surface area contributed by atoms with Crippen LogP contribution in [0.5, 0.6) is 5.75 Å². The molecular weight excluding hydrogens is 335 g/mol. The quantitative estimate of drug-likeness (QED) is 0.652. The molecule has 2 rings (SSSR count). The van der Waals surface area contributed by atoms with Gasteiger partial charge in [-0.05, 0) is 30.3 Å². The van der Waals surface area contributed by atoms with Crippen LogP contribution in [-0.4, -0.2) is 13.0 Å². The fourth-order valence-electron chi connectivity index (χ4n) is 1.88. The molecule has 0 saturated heterocycles. The van der Waals surface area contributed by atoms with Crippen LogP contribution in [0.25, 0.3) is 6.08 Å². The van der Waals surface area contributed by atoms with Crippen molar-refractivity contribution in [2.75, 3.05) is 12.4 Å². The van der Waals surface area contributed by atoms with Crippen molar-refractivity contribution in [2.24, 2.45) is 0 Å². The van der Waals surface area contributed by atoms with Gasteiger partial charge in [-0.1, -0.05) is 41.4 Å². The van der Waals surface area contributed by atoms with Gasteiger partial charge < -0.3 is 10.1 Å². The van der Waals surface area contributed by atoms with Crippen molar-refractivity contribution in [3.8, 4) is 11.8 Å². The van der Waals surface area contributed by atoms with Gasteiger partial charge in [-0.15, -0.1) is 0 Å². The number of nitriles is 1. The highest BCUT2D eigenvalue weighted by molar-refractivity contribution is 6.37. The second kappa shape index (κ2) is 7.68. The van der Waals surface area contributed by atoms with E-state index >= 15 is 0 Å². The first kappa shape index (κ1) is 16.9. The van der Waals surface area contributed by atoms with Crippen molar-refractivity contribution >= 4 is 40.9 Å². The summed E-state index contributed by atoms with van der Waals surface area (Å²) < 4.78 is 5.16. The molecule has 0 spiro atoms. The molecule has 0 unspecified atom stereocenters. The minimum absolute atomic E-state index is 0.120. The Morgan fingerprint density at radius 2 is 1.83 bits per heavy atom. The zero-order valence-electron chi connectivity index (χ0n) is 12.1. The standard InChI is InChI=1S/C17H12Cl2N2O2/c1-23-16-8-3-2-7-15(16)21-17(22)11(10-20)9-12-13(18)5-4-6-14(12)19/h2-9H,1H3,(H,21,22)/b11-9+. The van der Waals surface area contributed by atoms with Crippen LogP contribution in [0.1, 0.15) is 5.56 Å². The lowest BCUT2D eigenvalue weighted by molar-refractivity contribution is -0.112. The Morgan fingerprint density at radius 3 is 2.43 bits per heavy atom. The van der Waals surface area contributed by atoms with Crippen molar-refractivity contribution in [2.45, 2.75) is 0 Å². The summed E-state index contributed by atoms with van der Waals surface area (Å²) in [6.45, 7) is 0. The molecule has 0 radical (unpaired) electrons. The number of benzene rings is 2. The van der Waals surface area contributed by atoms with Crippen molar-refractivity contribution < 1.29 is 9.53 Å². The molecule has 2 aromatic rings. The predicted octanol–water partition coefficient (Wildman–Crippen LogP) is 4.55. The number of halogens is 2. The number of methoxy groups -OCH3 is 1. The van der Waals surface area contributed by atoms with Gasteiger partial charge in [0.25, 0.3) is 5.91 Å². The van der Waals surface area contributed by atoms with Crippen LogP contribution < -0.4 is 10.1 Å². The zero-order valence-corrected chi connectivity index (χ0v) is 13.7. The van der Waals surface area contributed by atoms with Gasteiger partial charge in [-0.2, -0.15) is 5.26 Å². The Labute approximate surface area is 143 Å². The first-order chi connectivity index (χ1) is 11.1. The van der Waals surface area contributed by atoms with E-state index in [-0.39, 0.29) is 5.57 Å². The number of carbonyl (C=O) groups excluding carboxylic acids is 1. The maximum Gasteiger partial charge on any atom is 0.266 e. The van der Waals surface area contributed by atoms with Crippen LogP contribution in [0.15, 0.2) is 48.0 Å². The van der Waals surface area contributed by atoms with E-state index in [1.165, 1.54) is 13.2 Å². The van der Waals surface area contributed by atoms with Crippen LogP contribution in [0.4, 0.5) is 5.69 Å². The van der Waals surface area contributed by atoms with Gasteiger partial charge in [-0.3, -0.25) is 4.79 Å². The molecule has 0 aliphatic carbocycles. The number of nitrogens with one attached hydrogen (secondary N) is 1. The lowest BCUT2D eigenvalue weighted by atomic mass is 10.1. The summed E-state index contributed by atoms with van der Waals surface area (Å²) in [5.41, 5.74) is 0.764. The van der Waals surface area contributed by atoms with Crippen molar-refractivity contribution in [3.05, 3.63) is 63.6 Å². The monoisotopic (exact) mass is 346 g/mol. The Kier molecular flexibility index (Phi) is 5.64. The molecule has 23 heavy (non-hydrogen) atoms. The van der Waals surface area contributed by atoms with Gasteiger partial charge in [0.15, 0.2) is 0 Å². The van der Waals surface area contributed by atoms with Crippen molar-refractivity contribution in [3.63, 3.8) is 0 Å². The highest BCUT2D eigenvalue weighted by atomic mass is 35.5. The number of hydrogen-bond acceptors (Lipinski definition) is 3. The molecule has 2 aromatic carbocycles. The van der Waals surface area contributed by atoms with Gasteiger partial charge >= 0.3 is 0 Å². The second-order valence-corrected chi connectivity index (χ2v) is 5.27. The zero-order chi connectivity index (χ0) is 16.8. The third kappa shape index (κ3) is 4.04. The molecule has 0 saturated carbocycles. The maximum atomic E-state index is 12.3. The third-order valence-corrected chi connectivity index (χ3v) is 3.67. The number of anilines is 1. The van der Waals surface area contributed by atoms with E-state index < -0.39 is 5.91 Å². The van der Waals surface area contributed by atoms with E-state index in [1.54, 1.807) is 42.5 Å². The summed E-state index contributed by atoms with van der Waals surface area (Å²) in [5.74, 6) is -0.0816. The van der Waals surface area contributed by atoms with Crippen LogP contribution in [-0.2, 0) is 4.79 Å². The average Bonchev–Trinajstić information content (AvgIpc) is 2.55. The maximum absolute atomic E-state index is 12.3. The summed E-state index contributed by atoms with van der Waals surface area (Å²) in [6.07, 6.45) is 1.36. The van der Waals surface area contributed by atoms with Crippen LogP contribution in [0.2, 0.25) is 10.0 Å². The highest BCUT2D eigenvalue weighted by Crippen LogP contribution is 2.27. The van der Waals surface area contributed by atoms with Gasteiger partial charge in [0.1, 0.15) is 17.4 Å². The lowest BCUT2D eigenvalue weighted by Crippen LogP contribution is -2.14. The number of hydrogen-bond donors (Lipinski definition) is 1. The van der Waals surface area contributed by atoms with E-state index in [2.05, 4.69) is 5.32 Å². The molecule has 0 bridgehead atoms. The summed E-state index contributed by atoms with van der Waals surface area (Å²) in [6, 6.07) is 13.7. The van der Waals surface area contributed by atoms with Gasteiger partial charge in [0.05, 0.1) is 12.8 Å². The predicted molar refractivity (Wildman–Crippen MR) is 91.7 cm³/mol. The molecule has 0 aliphatic rings. The van der Waals surface area contributed by atoms with Gasteiger partial charge in [0, 0.05) is 15.6 Å². The molecule has 4 nitrogen and oxygen atoms in total. The molecule has 0 heterocycles. The Bertz CT molecular complexity index is 790. The molecule has 0 atom stereocenters. The molecule has 0 aromatic heterocycles. The summed E-state index contributed by atoms with van der Waals surface area (Å²) in [4.78, 5) is 12.3. The largest absolute Gasteiger partial charge is 0.495 e. The Hall–Kier alpha value is -2.48. The molecule has 116 valence electrons. The topological polar surface area (TPSA) is 62.1 Å². The van der Waals surface area contributed by atoms with Gasteiger partial charge in [0.2, 0.25) is 0 Å².